The Balaban J connectivity index is 1.40. The van der Waals surface area contributed by atoms with Crippen molar-refractivity contribution in [3.8, 4) is 11.5 Å². The smallest absolute Gasteiger partial charge is 0.247 e. The molecule has 0 amide bonds. The van der Waals surface area contributed by atoms with Gasteiger partial charge in [-0.05, 0) is 68.2 Å². The molecule has 4 rings (SSSR count). The molecule has 3 atom stereocenters. The molecule has 2 heterocycles. The first-order valence-corrected chi connectivity index (χ1v) is 11.7. The third-order valence-corrected chi connectivity index (χ3v) is 6.68. The van der Waals surface area contributed by atoms with Crippen LogP contribution in [0.1, 0.15) is 44.3 Å². The summed E-state index contributed by atoms with van der Waals surface area (Å²) in [5.41, 5.74) is 4.72. The Bertz CT molecular complexity index is 1020. The first-order valence-electron chi connectivity index (χ1n) is 11.7. The Morgan fingerprint density at radius 2 is 1.88 bits per heavy atom. The summed E-state index contributed by atoms with van der Waals surface area (Å²) in [5.74, 6) is 3.55. The van der Waals surface area contributed by atoms with Gasteiger partial charge in [0, 0.05) is 31.3 Å². The molecule has 0 radical (unpaired) electrons. The SMILES string of the molecule is CC1=C[C@@H](CNCc2ccccn2)[C@H](C(C)C)C[C@@H]1Cc1nnc(-c2ccc(C)cc2)o1. The molecule has 3 aromatic rings. The topological polar surface area (TPSA) is 63.8 Å². The van der Waals surface area contributed by atoms with Crippen LogP contribution in [0.25, 0.3) is 11.5 Å². The zero-order chi connectivity index (χ0) is 22.5. The minimum absolute atomic E-state index is 0.445. The second-order valence-corrected chi connectivity index (χ2v) is 9.44. The molecular weight excluding hydrogens is 396 g/mol. The van der Waals surface area contributed by atoms with E-state index in [9.17, 15) is 0 Å². The molecule has 0 aliphatic heterocycles. The predicted octanol–water partition coefficient (Wildman–Crippen LogP) is 5.63. The van der Waals surface area contributed by atoms with E-state index in [1.165, 1.54) is 11.1 Å². The number of benzene rings is 1. The van der Waals surface area contributed by atoms with Gasteiger partial charge in [0.2, 0.25) is 11.8 Å². The summed E-state index contributed by atoms with van der Waals surface area (Å²) in [7, 11) is 0. The van der Waals surface area contributed by atoms with E-state index >= 15 is 0 Å². The van der Waals surface area contributed by atoms with E-state index in [-0.39, 0.29) is 0 Å². The van der Waals surface area contributed by atoms with Gasteiger partial charge in [-0.1, -0.05) is 49.3 Å². The third-order valence-electron chi connectivity index (χ3n) is 6.68. The molecule has 0 saturated carbocycles. The van der Waals surface area contributed by atoms with Gasteiger partial charge < -0.3 is 9.73 Å². The van der Waals surface area contributed by atoms with E-state index < -0.39 is 0 Å². The van der Waals surface area contributed by atoms with Gasteiger partial charge in [-0.25, -0.2) is 0 Å². The summed E-state index contributed by atoms with van der Waals surface area (Å²) in [6.07, 6.45) is 6.28. The molecule has 0 saturated heterocycles. The van der Waals surface area contributed by atoms with Gasteiger partial charge in [0.15, 0.2) is 0 Å². The van der Waals surface area contributed by atoms with Gasteiger partial charge in [-0.3, -0.25) is 4.98 Å². The lowest BCUT2D eigenvalue weighted by Gasteiger charge is -2.37. The molecule has 5 heteroatoms. The molecule has 32 heavy (non-hydrogen) atoms. The van der Waals surface area contributed by atoms with E-state index in [0.29, 0.717) is 29.6 Å². The Morgan fingerprint density at radius 3 is 2.59 bits per heavy atom. The summed E-state index contributed by atoms with van der Waals surface area (Å²) < 4.78 is 6.03. The van der Waals surface area contributed by atoms with Crippen molar-refractivity contribution >= 4 is 0 Å². The molecule has 0 spiro atoms. The lowest BCUT2D eigenvalue weighted by molar-refractivity contribution is 0.218. The fourth-order valence-corrected chi connectivity index (χ4v) is 4.74. The first kappa shape index (κ1) is 22.4. The fourth-order valence-electron chi connectivity index (χ4n) is 4.74. The number of nitrogens with one attached hydrogen (secondary N) is 1. The maximum Gasteiger partial charge on any atom is 0.247 e. The fraction of sp³-hybridized carbons (Fsp3) is 0.444. The lowest BCUT2D eigenvalue weighted by Crippen LogP contribution is -2.34. The Labute approximate surface area is 191 Å². The minimum atomic E-state index is 0.445. The van der Waals surface area contributed by atoms with Crippen molar-refractivity contribution in [2.45, 2.75) is 47.1 Å². The summed E-state index contributed by atoms with van der Waals surface area (Å²) in [5, 5.41) is 12.3. The Hall–Kier alpha value is -2.79. The summed E-state index contributed by atoms with van der Waals surface area (Å²) >= 11 is 0. The molecule has 1 aliphatic rings. The second-order valence-electron chi connectivity index (χ2n) is 9.44. The maximum atomic E-state index is 6.03. The van der Waals surface area contributed by atoms with Crippen LogP contribution in [0, 0.1) is 30.6 Å². The van der Waals surface area contributed by atoms with Gasteiger partial charge in [0.05, 0.1) is 5.69 Å². The van der Waals surface area contributed by atoms with E-state index in [2.05, 4.69) is 72.5 Å². The standard InChI is InChI=1S/C27H34N4O/c1-18(2)25-14-22(15-26-30-31-27(32-26)21-10-8-19(3)9-11-21)20(4)13-23(25)16-28-17-24-7-5-6-12-29-24/h5-13,18,22-23,25,28H,14-17H2,1-4H3/t22-,23+,25+/m1/s1. The van der Waals surface area contributed by atoms with Gasteiger partial charge in [0.25, 0.3) is 0 Å². The highest BCUT2D eigenvalue weighted by molar-refractivity contribution is 5.52. The lowest BCUT2D eigenvalue weighted by atomic mass is 9.70. The van der Waals surface area contributed by atoms with Crippen molar-refractivity contribution < 1.29 is 4.42 Å². The first-order chi connectivity index (χ1) is 15.5. The van der Waals surface area contributed by atoms with Crippen molar-refractivity contribution in [1.29, 1.82) is 0 Å². The van der Waals surface area contributed by atoms with Crippen LogP contribution in [0.4, 0.5) is 0 Å². The molecule has 1 aliphatic carbocycles. The van der Waals surface area contributed by atoms with Crippen molar-refractivity contribution in [3.63, 3.8) is 0 Å². The highest BCUT2D eigenvalue weighted by Gasteiger charge is 2.32. The van der Waals surface area contributed by atoms with Crippen LogP contribution in [0.3, 0.4) is 0 Å². The highest BCUT2D eigenvalue weighted by Crippen LogP contribution is 2.38. The van der Waals surface area contributed by atoms with Crippen molar-refractivity contribution in [3.05, 3.63) is 77.5 Å². The summed E-state index contributed by atoms with van der Waals surface area (Å²) in [4.78, 5) is 4.42. The van der Waals surface area contributed by atoms with Crippen molar-refractivity contribution in [1.82, 2.24) is 20.5 Å². The van der Waals surface area contributed by atoms with E-state index in [0.717, 1.165) is 43.1 Å². The van der Waals surface area contributed by atoms with Crippen LogP contribution in [0.2, 0.25) is 0 Å². The molecular formula is C27H34N4O. The largest absolute Gasteiger partial charge is 0.421 e. The molecule has 0 unspecified atom stereocenters. The van der Waals surface area contributed by atoms with Crippen molar-refractivity contribution in [2.24, 2.45) is 23.7 Å². The Morgan fingerprint density at radius 1 is 1.06 bits per heavy atom. The van der Waals surface area contributed by atoms with E-state index in [4.69, 9.17) is 4.42 Å². The number of aromatic nitrogens is 3. The van der Waals surface area contributed by atoms with Gasteiger partial charge >= 0.3 is 0 Å². The predicted molar refractivity (Wildman–Crippen MR) is 128 cm³/mol. The summed E-state index contributed by atoms with van der Waals surface area (Å²) in [6, 6.07) is 14.3. The average Bonchev–Trinajstić information content (AvgIpc) is 3.25. The van der Waals surface area contributed by atoms with E-state index in [1.807, 2.05) is 30.5 Å². The second kappa shape index (κ2) is 10.2. The van der Waals surface area contributed by atoms with E-state index in [1.54, 1.807) is 0 Å². The average molecular weight is 431 g/mol. The molecule has 1 aromatic carbocycles. The molecule has 0 bridgehead atoms. The molecule has 168 valence electrons. The van der Waals surface area contributed by atoms with Gasteiger partial charge in [-0.2, -0.15) is 0 Å². The molecule has 5 nitrogen and oxygen atoms in total. The number of hydrogen-bond donors (Lipinski definition) is 1. The van der Waals surface area contributed by atoms with Crippen molar-refractivity contribution in [2.75, 3.05) is 6.54 Å². The molecule has 1 N–H and O–H groups in total. The molecule has 2 aromatic heterocycles. The van der Waals surface area contributed by atoms with Crippen LogP contribution < -0.4 is 5.32 Å². The maximum absolute atomic E-state index is 6.03. The molecule has 0 fully saturated rings. The number of hydrogen-bond acceptors (Lipinski definition) is 5. The van der Waals surface area contributed by atoms with Crippen LogP contribution in [-0.2, 0) is 13.0 Å². The monoisotopic (exact) mass is 430 g/mol. The quantitative estimate of drug-likeness (QED) is 0.470. The summed E-state index contributed by atoms with van der Waals surface area (Å²) in [6.45, 7) is 10.8. The van der Waals surface area contributed by atoms with Crippen LogP contribution >= 0.6 is 0 Å². The van der Waals surface area contributed by atoms with Crippen LogP contribution in [-0.4, -0.2) is 21.7 Å². The number of rotatable bonds is 8. The van der Waals surface area contributed by atoms with Crippen LogP contribution in [0.15, 0.2) is 64.7 Å². The Kier molecular flexibility index (Phi) is 7.15. The zero-order valence-electron chi connectivity index (χ0n) is 19.6. The number of aryl methyl sites for hydroxylation is 1. The number of nitrogens with zero attached hydrogens (tertiary/aromatic N) is 3. The minimum Gasteiger partial charge on any atom is -0.421 e. The normalized spacial score (nSPS) is 21.0. The zero-order valence-corrected chi connectivity index (χ0v) is 19.6. The number of pyridine rings is 1. The van der Waals surface area contributed by atoms with Crippen LogP contribution in [0.5, 0.6) is 0 Å². The third kappa shape index (κ3) is 5.52. The van der Waals surface area contributed by atoms with Gasteiger partial charge in [-0.15, -0.1) is 10.2 Å². The number of allylic oxidation sites excluding steroid dienone is 1. The van der Waals surface area contributed by atoms with Gasteiger partial charge in [0.1, 0.15) is 0 Å². The highest BCUT2D eigenvalue weighted by atomic mass is 16.4.